The van der Waals surface area contributed by atoms with E-state index in [0.29, 0.717) is 47.2 Å². The molecular formula is C26H27FN2O4. The molecule has 1 heterocycles. The Morgan fingerprint density at radius 2 is 1.79 bits per heavy atom. The summed E-state index contributed by atoms with van der Waals surface area (Å²) < 4.78 is 20.5. The minimum Gasteiger partial charge on any atom is -0.460 e. The van der Waals surface area contributed by atoms with E-state index in [9.17, 15) is 18.8 Å². The summed E-state index contributed by atoms with van der Waals surface area (Å²) in [7, 11) is 0. The Morgan fingerprint density at radius 1 is 1.12 bits per heavy atom. The SMILES string of the molecule is CC(=O)c1ccc2c(=O)n(-c3ccc(F)cc3)c(CC3CC(C(=O)OC(C)(C)C)C3)nc2c1. The van der Waals surface area contributed by atoms with Gasteiger partial charge in [0.2, 0.25) is 0 Å². The van der Waals surface area contributed by atoms with E-state index in [0.717, 1.165) is 0 Å². The van der Waals surface area contributed by atoms with Crippen molar-refractivity contribution in [2.24, 2.45) is 11.8 Å². The number of fused-ring (bicyclic) bond motifs is 1. The van der Waals surface area contributed by atoms with Crippen molar-refractivity contribution in [3.8, 4) is 5.69 Å². The molecule has 3 aromatic rings. The summed E-state index contributed by atoms with van der Waals surface area (Å²) >= 11 is 0. The highest BCUT2D eigenvalue weighted by atomic mass is 19.1. The van der Waals surface area contributed by atoms with Crippen LogP contribution >= 0.6 is 0 Å². The molecule has 0 radical (unpaired) electrons. The van der Waals surface area contributed by atoms with Crippen molar-refractivity contribution in [3.63, 3.8) is 0 Å². The number of carbonyl (C=O) groups is 2. The third kappa shape index (κ3) is 4.87. The van der Waals surface area contributed by atoms with Gasteiger partial charge in [0, 0.05) is 12.0 Å². The van der Waals surface area contributed by atoms with Gasteiger partial charge >= 0.3 is 5.97 Å². The topological polar surface area (TPSA) is 78.3 Å². The maximum atomic E-state index is 13.5. The van der Waals surface area contributed by atoms with Gasteiger partial charge in [-0.1, -0.05) is 6.07 Å². The van der Waals surface area contributed by atoms with Crippen LogP contribution < -0.4 is 5.56 Å². The average molecular weight is 451 g/mol. The Morgan fingerprint density at radius 3 is 2.39 bits per heavy atom. The van der Waals surface area contributed by atoms with Crippen LogP contribution in [0.5, 0.6) is 0 Å². The maximum absolute atomic E-state index is 13.5. The zero-order valence-electron chi connectivity index (χ0n) is 19.2. The van der Waals surface area contributed by atoms with Crippen LogP contribution in [0.1, 0.15) is 56.7 Å². The van der Waals surface area contributed by atoms with Crippen LogP contribution in [0.15, 0.2) is 47.3 Å². The van der Waals surface area contributed by atoms with Crippen LogP contribution in [0.3, 0.4) is 0 Å². The number of hydrogen-bond acceptors (Lipinski definition) is 5. The molecule has 0 aliphatic heterocycles. The van der Waals surface area contributed by atoms with Crippen LogP contribution in [0, 0.1) is 17.7 Å². The molecule has 7 heteroatoms. The largest absolute Gasteiger partial charge is 0.460 e. The lowest BCUT2D eigenvalue weighted by Gasteiger charge is -2.35. The van der Waals surface area contributed by atoms with E-state index in [1.165, 1.54) is 23.6 Å². The maximum Gasteiger partial charge on any atom is 0.309 e. The Kier molecular flexibility index (Phi) is 5.91. The molecule has 0 saturated heterocycles. The predicted octanol–water partition coefficient (Wildman–Crippen LogP) is 4.64. The van der Waals surface area contributed by atoms with Crippen molar-refractivity contribution in [2.45, 2.75) is 52.6 Å². The van der Waals surface area contributed by atoms with Crippen LogP contribution in [0.25, 0.3) is 16.6 Å². The van der Waals surface area contributed by atoms with E-state index < -0.39 is 11.4 Å². The van der Waals surface area contributed by atoms with Gasteiger partial charge in [0.1, 0.15) is 17.2 Å². The molecular weight excluding hydrogens is 423 g/mol. The van der Waals surface area contributed by atoms with Gasteiger partial charge in [-0.15, -0.1) is 0 Å². The number of rotatable bonds is 5. The number of benzene rings is 2. The molecule has 1 fully saturated rings. The molecule has 0 unspecified atom stereocenters. The normalized spacial score (nSPS) is 18.1. The first-order chi connectivity index (χ1) is 15.5. The zero-order valence-corrected chi connectivity index (χ0v) is 19.2. The Bertz CT molecular complexity index is 1280. The molecule has 0 amide bonds. The quantitative estimate of drug-likeness (QED) is 0.418. The van der Waals surface area contributed by atoms with Gasteiger partial charge in [-0.05, 0) is 82.9 Å². The molecule has 1 aliphatic carbocycles. The Balaban J connectivity index is 1.69. The summed E-state index contributed by atoms with van der Waals surface area (Å²) in [5.74, 6) is -0.186. The highest BCUT2D eigenvalue weighted by Gasteiger charge is 2.38. The molecule has 0 N–H and O–H groups in total. The van der Waals surface area contributed by atoms with E-state index in [1.807, 2.05) is 20.8 Å². The van der Waals surface area contributed by atoms with Crippen molar-refractivity contribution >= 4 is 22.7 Å². The van der Waals surface area contributed by atoms with E-state index in [4.69, 9.17) is 9.72 Å². The molecule has 0 atom stereocenters. The third-order valence-corrected chi connectivity index (χ3v) is 5.88. The Hall–Kier alpha value is -3.35. The molecule has 2 aromatic carbocycles. The van der Waals surface area contributed by atoms with Gasteiger partial charge in [0.05, 0.1) is 22.5 Å². The fraction of sp³-hybridized carbons (Fsp3) is 0.385. The first-order valence-electron chi connectivity index (χ1n) is 11.1. The number of carbonyl (C=O) groups excluding carboxylic acids is 2. The molecule has 172 valence electrons. The number of halogens is 1. The van der Waals surface area contributed by atoms with Gasteiger partial charge in [0.25, 0.3) is 5.56 Å². The number of esters is 1. The molecule has 0 spiro atoms. The monoisotopic (exact) mass is 450 g/mol. The van der Waals surface area contributed by atoms with Crippen LogP contribution in [0.2, 0.25) is 0 Å². The minimum atomic E-state index is -0.528. The summed E-state index contributed by atoms with van der Waals surface area (Å²) in [4.78, 5) is 42.3. The van der Waals surface area contributed by atoms with Gasteiger partial charge < -0.3 is 4.74 Å². The van der Waals surface area contributed by atoms with Gasteiger partial charge in [-0.2, -0.15) is 0 Å². The van der Waals surface area contributed by atoms with E-state index >= 15 is 0 Å². The smallest absolute Gasteiger partial charge is 0.309 e. The lowest BCUT2D eigenvalue weighted by Crippen LogP contribution is -2.37. The minimum absolute atomic E-state index is 0.109. The van der Waals surface area contributed by atoms with Crippen LogP contribution in [-0.2, 0) is 16.0 Å². The molecule has 1 aromatic heterocycles. The summed E-state index contributed by atoms with van der Waals surface area (Å²) in [6, 6.07) is 10.5. The lowest BCUT2D eigenvalue weighted by atomic mass is 9.73. The van der Waals surface area contributed by atoms with Gasteiger partial charge in [-0.25, -0.2) is 9.37 Å². The van der Waals surface area contributed by atoms with Crippen molar-refractivity contribution in [1.82, 2.24) is 9.55 Å². The number of hydrogen-bond donors (Lipinski definition) is 0. The zero-order chi connectivity index (χ0) is 23.9. The van der Waals surface area contributed by atoms with Crippen molar-refractivity contribution in [3.05, 3.63) is 70.0 Å². The average Bonchev–Trinajstić information content (AvgIpc) is 2.69. The number of ether oxygens (including phenoxy) is 1. The number of ketones is 1. The van der Waals surface area contributed by atoms with Crippen molar-refractivity contribution in [2.75, 3.05) is 0 Å². The highest BCUT2D eigenvalue weighted by Crippen LogP contribution is 2.37. The van der Waals surface area contributed by atoms with E-state index in [1.54, 1.807) is 30.3 Å². The summed E-state index contributed by atoms with van der Waals surface area (Å²) in [5.41, 5.74) is 0.640. The second-order valence-electron chi connectivity index (χ2n) is 9.71. The van der Waals surface area contributed by atoms with Gasteiger partial charge in [0.15, 0.2) is 5.78 Å². The lowest BCUT2D eigenvalue weighted by molar-refractivity contribution is -0.164. The van der Waals surface area contributed by atoms with Crippen molar-refractivity contribution < 1.29 is 18.7 Å². The second kappa shape index (κ2) is 8.54. The Labute approximate surface area is 191 Å². The second-order valence-corrected chi connectivity index (χ2v) is 9.71. The standard InChI is InChI=1S/C26H27FN2O4/c1-15(30)17-5-10-21-22(14-17)28-23(29(24(21)31)20-8-6-19(27)7-9-20)13-16-11-18(12-16)25(32)33-26(2,3)4/h5-10,14,16,18H,11-13H2,1-4H3. The summed E-state index contributed by atoms with van der Waals surface area (Å²) in [6.07, 6.45) is 1.78. The predicted molar refractivity (Wildman–Crippen MR) is 123 cm³/mol. The first kappa shape index (κ1) is 22.8. The fourth-order valence-corrected chi connectivity index (χ4v) is 4.18. The van der Waals surface area contributed by atoms with Crippen LogP contribution in [0.4, 0.5) is 4.39 Å². The number of Topliss-reactive ketones (excluding diaryl/α,β-unsaturated/α-hetero) is 1. The molecule has 0 bridgehead atoms. The highest BCUT2D eigenvalue weighted by molar-refractivity contribution is 5.97. The molecule has 6 nitrogen and oxygen atoms in total. The molecule has 33 heavy (non-hydrogen) atoms. The van der Waals surface area contributed by atoms with Crippen molar-refractivity contribution in [1.29, 1.82) is 0 Å². The third-order valence-electron chi connectivity index (χ3n) is 5.88. The summed E-state index contributed by atoms with van der Waals surface area (Å²) in [6.45, 7) is 7.00. The first-order valence-corrected chi connectivity index (χ1v) is 11.1. The molecule has 4 rings (SSSR count). The molecule has 1 saturated carbocycles. The molecule has 1 aliphatic rings. The fourth-order valence-electron chi connectivity index (χ4n) is 4.18. The van der Waals surface area contributed by atoms with Gasteiger partial charge in [-0.3, -0.25) is 19.0 Å². The van der Waals surface area contributed by atoms with E-state index in [2.05, 4.69) is 0 Å². The van der Waals surface area contributed by atoms with E-state index in [-0.39, 0.29) is 29.1 Å². The summed E-state index contributed by atoms with van der Waals surface area (Å²) in [5, 5.41) is 0.383. The van der Waals surface area contributed by atoms with Crippen LogP contribution in [-0.4, -0.2) is 26.9 Å². The number of nitrogens with zero attached hydrogens (tertiary/aromatic N) is 2. The number of aromatic nitrogens is 2.